The van der Waals surface area contributed by atoms with E-state index in [9.17, 15) is 13.2 Å². The van der Waals surface area contributed by atoms with Gasteiger partial charge in [0.1, 0.15) is 0 Å². The molecule has 0 unspecified atom stereocenters. The van der Waals surface area contributed by atoms with Crippen molar-refractivity contribution in [1.29, 1.82) is 0 Å². The van der Waals surface area contributed by atoms with Crippen molar-refractivity contribution in [3.8, 4) is 11.5 Å². The molecule has 1 N–H and O–H groups in total. The van der Waals surface area contributed by atoms with Crippen LogP contribution in [-0.2, 0) is 10.0 Å². The number of ketones is 1. The quantitative estimate of drug-likeness (QED) is 0.863. The fourth-order valence-corrected chi connectivity index (χ4v) is 3.81. The lowest BCUT2D eigenvalue weighted by atomic mass is 10.1. The number of rotatable bonds is 3. The molecule has 1 heterocycles. The normalized spacial score (nSPS) is 17.1. The van der Waals surface area contributed by atoms with Crippen molar-refractivity contribution in [3.63, 3.8) is 0 Å². The lowest BCUT2D eigenvalue weighted by molar-refractivity contribution is 0.102. The van der Waals surface area contributed by atoms with Gasteiger partial charge in [-0.15, -0.1) is 0 Å². The zero-order valence-corrected chi connectivity index (χ0v) is 13.9. The largest absolute Gasteiger partial charge is 0.493 e. The molecule has 1 aliphatic rings. The van der Waals surface area contributed by atoms with Gasteiger partial charge in [-0.25, -0.2) is 8.42 Å². The molecule has 0 fully saturated rings. The van der Waals surface area contributed by atoms with E-state index in [-0.39, 0.29) is 16.2 Å². The number of carbonyl (C=O) groups is 1. The van der Waals surface area contributed by atoms with Crippen LogP contribution in [0.25, 0.3) is 6.08 Å². The highest BCUT2D eigenvalue weighted by Crippen LogP contribution is 2.33. The Bertz CT molecular complexity index is 947. The first-order valence-electron chi connectivity index (χ1n) is 7.07. The highest BCUT2D eigenvalue weighted by molar-refractivity contribution is 7.90. The van der Waals surface area contributed by atoms with Crippen LogP contribution in [-0.4, -0.2) is 28.4 Å². The van der Waals surface area contributed by atoms with Crippen LogP contribution in [0.15, 0.2) is 53.1 Å². The van der Waals surface area contributed by atoms with Crippen molar-refractivity contribution in [2.24, 2.45) is 0 Å². The Balaban J connectivity index is 2.15. The molecule has 7 heteroatoms. The lowest BCUT2D eigenvalue weighted by Crippen LogP contribution is -2.34. The molecule has 0 atom stereocenters. The van der Waals surface area contributed by atoms with Gasteiger partial charge in [-0.3, -0.25) is 9.52 Å². The Kier molecular flexibility index (Phi) is 4.02. The molecule has 0 amide bonds. The third-order valence-corrected chi connectivity index (χ3v) is 5.07. The first-order chi connectivity index (χ1) is 11.5. The molecule has 0 saturated carbocycles. The van der Waals surface area contributed by atoms with Crippen LogP contribution in [0.2, 0.25) is 0 Å². The van der Waals surface area contributed by atoms with E-state index < -0.39 is 15.8 Å². The number of benzene rings is 2. The number of nitrogens with one attached hydrogen (secondary N) is 1. The van der Waals surface area contributed by atoms with Crippen LogP contribution in [0.1, 0.15) is 15.9 Å². The van der Waals surface area contributed by atoms with Gasteiger partial charge in [0, 0.05) is 11.1 Å². The van der Waals surface area contributed by atoms with E-state index in [4.69, 9.17) is 9.47 Å². The summed E-state index contributed by atoms with van der Waals surface area (Å²) in [7, 11) is -0.817. The van der Waals surface area contributed by atoms with E-state index in [1.54, 1.807) is 30.3 Å². The van der Waals surface area contributed by atoms with Gasteiger partial charge >= 0.3 is 0 Å². The number of methoxy groups -OCH3 is 2. The van der Waals surface area contributed by atoms with E-state index in [1.807, 2.05) is 0 Å². The van der Waals surface area contributed by atoms with E-state index in [1.165, 1.54) is 32.4 Å². The summed E-state index contributed by atoms with van der Waals surface area (Å²) in [6.07, 6.45) is 1.44. The van der Waals surface area contributed by atoms with Crippen molar-refractivity contribution in [2.45, 2.75) is 4.90 Å². The van der Waals surface area contributed by atoms with E-state index in [0.717, 1.165) is 0 Å². The highest BCUT2D eigenvalue weighted by atomic mass is 32.2. The highest BCUT2D eigenvalue weighted by Gasteiger charge is 2.31. The van der Waals surface area contributed by atoms with Gasteiger partial charge in [0.15, 0.2) is 11.5 Å². The molecule has 0 aliphatic carbocycles. The van der Waals surface area contributed by atoms with E-state index >= 15 is 0 Å². The summed E-state index contributed by atoms with van der Waals surface area (Å²) < 4.78 is 37.5. The molecular formula is C17H15NO5S. The number of allylic oxidation sites excluding steroid dienone is 1. The second-order valence-electron chi connectivity index (χ2n) is 5.07. The molecule has 0 saturated heterocycles. The molecule has 2 aromatic rings. The van der Waals surface area contributed by atoms with Crippen LogP contribution in [0.4, 0.5) is 0 Å². The number of para-hydroxylation sites is 1. The average Bonchev–Trinajstić information content (AvgIpc) is 2.59. The standard InChI is InChI=1S/C17H15NO5S/c1-22-14-8-5-6-11(17(14)23-2)10-13-16(19)12-7-3-4-9-15(12)24(20,21)18-13/h3-10,18H,1-2H3/b13-10-. The molecule has 6 nitrogen and oxygen atoms in total. The van der Waals surface area contributed by atoms with Gasteiger partial charge in [-0.2, -0.15) is 0 Å². The summed E-state index contributed by atoms with van der Waals surface area (Å²) in [5.41, 5.74) is 0.631. The summed E-state index contributed by atoms with van der Waals surface area (Å²) >= 11 is 0. The van der Waals surface area contributed by atoms with Gasteiger partial charge in [0.2, 0.25) is 5.78 Å². The van der Waals surface area contributed by atoms with Crippen LogP contribution in [0.3, 0.4) is 0 Å². The summed E-state index contributed by atoms with van der Waals surface area (Å²) in [5, 5.41) is 0. The number of hydrogen-bond donors (Lipinski definition) is 1. The number of sulfonamides is 1. The first kappa shape index (κ1) is 16.1. The SMILES string of the molecule is COc1cccc(/C=C2\NS(=O)(=O)c3ccccc3C2=O)c1OC. The molecule has 0 bridgehead atoms. The maximum atomic E-state index is 12.6. The lowest BCUT2D eigenvalue weighted by Gasteiger charge is -2.20. The van der Waals surface area contributed by atoms with Crippen LogP contribution in [0.5, 0.6) is 11.5 Å². The van der Waals surface area contributed by atoms with Crippen LogP contribution in [0, 0.1) is 0 Å². The number of carbonyl (C=O) groups excluding carboxylic acids is 1. The van der Waals surface area contributed by atoms with E-state index in [0.29, 0.717) is 17.1 Å². The van der Waals surface area contributed by atoms with Crippen LogP contribution >= 0.6 is 0 Å². The minimum atomic E-state index is -3.79. The Morgan fingerprint density at radius 1 is 1.00 bits per heavy atom. The smallest absolute Gasteiger partial charge is 0.262 e. The molecule has 0 spiro atoms. The van der Waals surface area contributed by atoms with Crippen molar-refractivity contribution < 1.29 is 22.7 Å². The molecule has 24 heavy (non-hydrogen) atoms. The number of fused-ring (bicyclic) bond motifs is 1. The predicted molar refractivity (Wildman–Crippen MR) is 88.6 cm³/mol. The molecule has 0 aromatic heterocycles. The molecule has 1 aliphatic heterocycles. The minimum Gasteiger partial charge on any atom is -0.493 e. The number of ether oxygens (including phenoxy) is 2. The van der Waals surface area contributed by atoms with Crippen molar-refractivity contribution in [1.82, 2.24) is 4.72 Å². The second-order valence-corrected chi connectivity index (χ2v) is 6.72. The monoisotopic (exact) mass is 345 g/mol. The predicted octanol–water partition coefficient (Wildman–Crippen LogP) is 2.22. The fraction of sp³-hybridized carbons (Fsp3) is 0.118. The molecule has 0 radical (unpaired) electrons. The van der Waals surface area contributed by atoms with Crippen LogP contribution < -0.4 is 14.2 Å². The molecule has 124 valence electrons. The van der Waals surface area contributed by atoms with Gasteiger partial charge in [0.05, 0.1) is 24.8 Å². The maximum absolute atomic E-state index is 12.6. The zero-order valence-electron chi connectivity index (χ0n) is 13.1. The third kappa shape index (κ3) is 2.63. The van der Waals surface area contributed by atoms with Gasteiger partial charge in [-0.05, 0) is 24.3 Å². The first-order valence-corrected chi connectivity index (χ1v) is 8.55. The topological polar surface area (TPSA) is 81.7 Å². The Hall–Kier alpha value is -2.80. The van der Waals surface area contributed by atoms with Crippen molar-refractivity contribution >= 4 is 21.9 Å². The fourth-order valence-electron chi connectivity index (χ4n) is 2.56. The zero-order chi connectivity index (χ0) is 17.3. The van der Waals surface area contributed by atoms with Crippen molar-refractivity contribution in [2.75, 3.05) is 14.2 Å². The molecule has 2 aromatic carbocycles. The minimum absolute atomic E-state index is 0.0234. The Labute approximate surface area is 139 Å². The summed E-state index contributed by atoms with van der Waals surface area (Å²) in [4.78, 5) is 12.6. The summed E-state index contributed by atoms with van der Waals surface area (Å²) in [5.74, 6) is 0.502. The van der Waals surface area contributed by atoms with Gasteiger partial charge < -0.3 is 9.47 Å². The number of hydrogen-bond acceptors (Lipinski definition) is 5. The average molecular weight is 345 g/mol. The molecule has 3 rings (SSSR count). The van der Waals surface area contributed by atoms with Gasteiger partial charge in [0.25, 0.3) is 10.0 Å². The Morgan fingerprint density at radius 2 is 1.75 bits per heavy atom. The van der Waals surface area contributed by atoms with Crippen molar-refractivity contribution in [3.05, 3.63) is 59.3 Å². The maximum Gasteiger partial charge on any atom is 0.262 e. The summed E-state index contributed by atoms with van der Waals surface area (Å²) in [6.45, 7) is 0. The summed E-state index contributed by atoms with van der Waals surface area (Å²) in [6, 6.07) is 11.2. The third-order valence-electron chi connectivity index (χ3n) is 3.64. The Morgan fingerprint density at radius 3 is 2.46 bits per heavy atom. The van der Waals surface area contributed by atoms with E-state index in [2.05, 4.69) is 4.72 Å². The molecular weight excluding hydrogens is 330 g/mol. The number of Topliss-reactive ketones (excluding diaryl/α,β-unsaturated/α-hetero) is 1. The van der Waals surface area contributed by atoms with Gasteiger partial charge in [-0.1, -0.05) is 24.3 Å². The second kappa shape index (κ2) is 6.01.